The minimum atomic E-state index is -0.624. The molecule has 0 spiro atoms. The summed E-state index contributed by atoms with van der Waals surface area (Å²) in [7, 11) is 1.51. The van der Waals surface area contributed by atoms with Crippen LogP contribution in [0.15, 0.2) is 71.9 Å². The molecule has 7 rings (SSSR count). The van der Waals surface area contributed by atoms with E-state index in [-0.39, 0.29) is 41.1 Å². The Hall–Kier alpha value is -5.58. The third kappa shape index (κ3) is 11.0. The molecule has 1 aromatic heterocycles. The number of methoxy groups -OCH3 is 1. The van der Waals surface area contributed by atoms with Gasteiger partial charge in [0.25, 0.3) is 5.91 Å². The summed E-state index contributed by atoms with van der Waals surface area (Å²) >= 11 is 7.67. The minimum absolute atomic E-state index is 0.0258. The number of piperidine rings is 2. The molecule has 0 bridgehead atoms. The molecule has 320 valence electrons. The highest BCUT2D eigenvalue weighted by atomic mass is 35.5. The number of hydrogen-bond donors (Lipinski definition) is 4. The lowest BCUT2D eigenvalue weighted by molar-refractivity contribution is -0.137. The molecule has 61 heavy (non-hydrogen) atoms. The Kier molecular flexibility index (Phi) is 14.5. The zero-order chi connectivity index (χ0) is 42.9. The van der Waals surface area contributed by atoms with Crippen molar-refractivity contribution in [2.45, 2.75) is 81.3 Å². The summed E-state index contributed by atoms with van der Waals surface area (Å²) in [6, 6.07) is 12.9. The average molecular weight is 871 g/mol. The van der Waals surface area contributed by atoms with Crippen molar-refractivity contribution in [1.29, 1.82) is 0 Å². The number of carbonyl (C=O) groups excluding carboxylic acids is 5. The average Bonchev–Trinajstić information content (AvgIpc) is 3.58. The molecule has 1 atom stereocenters. The van der Waals surface area contributed by atoms with Crippen molar-refractivity contribution in [2.75, 3.05) is 43.1 Å². The van der Waals surface area contributed by atoms with E-state index in [0.717, 1.165) is 67.8 Å². The first-order chi connectivity index (χ1) is 29.6. The van der Waals surface area contributed by atoms with Crippen LogP contribution in [0.4, 0.5) is 21.6 Å². The first-order valence-corrected chi connectivity index (χ1v) is 21.9. The molecule has 3 aliphatic heterocycles. The van der Waals surface area contributed by atoms with E-state index in [9.17, 15) is 28.4 Å². The van der Waals surface area contributed by atoms with Crippen LogP contribution in [0, 0.1) is 5.82 Å². The van der Waals surface area contributed by atoms with E-state index in [2.05, 4.69) is 36.1 Å². The summed E-state index contributed by atoms with van der Waals surface area (Å²) in [6.45, 7) is 2.57. The van der Waals surface area contributed by atoms with E-state index in [1.807, 2.05) is 18.2 Å². The lowest BCUT2D eigenvalue weighted by Crippen LogP contribution is -2.52. The van der Waals surface area contributed by atoms with Gasteiger partial charge in [-0.2, -0.15) is 0 Å². The van der Waals surface area contributed by atoms with E-state index >= 15 is 0 Å². The van der Waals surface area contributed by atoms with Crippen LogP contribution in [0.3, 0.4) is 0 Å². The number of unbranched alkanes of at least 4 members (excludes halogenated alkanes) is 3. The summed E-state index contributed by atoms with van der Waals surface area (Å²) < 4.78 is 19.2. The second-order valence-corrected chi connectivity index (χ2v) is 16.8. The Balaban J connectivity index is 0.778. The Morgan fingerprint density at radius 2 is 1.85 bits per heavy atom. The summed E-state index contributed by atoms with van der Waals surface area (Å²) in [5, 5.41) is 12.2. The number of benzene rings is 3. The zero-order valence-electron chi connectivity index (χ0n) is 33.8. The Morgan fingerprint density at radius 1 is 1.03 bits per heavy atom. The van der Waals surface area contributed by atoms with Gasteiger partial charge in [0.05, 0.1) is 23.3 Å². The lowest BCUT2D eigenvalue weighted by atomic mass is 10.0. The van der Waals surface area contributed by atoms with Gasteiger partial charge in [0.1, 0.15) is 29.8 Å². The number of carbonyl (C=O) groups is 5. The maximum Gasteiger partial charge on any atom is 0.255 e. The fourth-order valence-electron chi connectivity index (χ4n) is 7.82. The molecule has 3 aromatic carbocycles. The second kappa shape index (κ2) is 20.3. The van der Waals surface area contributed by atoms with Gasteiger partial charge in [-0.3, -0.25) is 34.2 Å². The first-order valence-electron chi connectivity index (χ1n) is 20.5. The number of hydrogen-bond acceptors (Lipinski definition) is 11. The van der Waals surface area contributed by atoms with E-state index in [0.29, 0.717) is 65.3 Å². The number of likely N-dealkylation sites (tertiary alicyclic amines) is 1. The highest BCUT2D eigenvalue weighted by Crippen LogP contribution is 2.36. The van der Waals surface area contributed by atoms with Crippen LogP contribution in [-0.4, -0.2) is 93.9 Å². The van der Waals surface area contributed by atoms with Crippen LogP contribution >= 0.6 is 23.4 Å². The fourth-order valence-corrected chi connectivity index (χ4v) is 9.09. The number of thioether (sulfide) groups is 1. The normalized spacial score (nSPS) is 17.1. The van der Waals surface area contributed by atoms with Crippen molar-refractivity contribution in [3.05, 3.63) is 89.0 Å². The standard InChI is InChI=1S/C44H48ClFN8O6S/c1-60-37-24-34-30(42(48-26-47-34)50-28-12-13-33(46)32(45)22-28)23-35(37)51-40(56)11-7-18-53-19-16-27(17-20-53)49-39(55)10-4-2-3-5-21-61-38-9-6-8-29-31(38)25-54(44(29)59)36-14-15-41(57)52-43(36)58/h6-9,11-13,22-24,26-27,36H,2-5,10,14-21,25H2,1H3,(H,49,55)(H,51,56)(H,47,48,50)(H,52,57,58). The Morgan fingerprint density at radius 3 is 2.64 bits per heavy atom. The molecular formula is C44H48ClFN8O6S. The van der Waals surface area contributed by atoms with Crippen molar-refractivity contribution in [1.82, 2.24) is 30.4 Å². The number of ether oxygens (including phenoxy) is 1. The van der Waals surface area contributed by atoms with Crippen molar-refractivity contribution in [3.63, 3.8) is 0 Å². The van der Waals surface area contributed by atoms with E-state index in [1.165, 1.54) is 31.6 Å². The Bertz CT molecular complexity index is 2340. The van der Waals surface area contributed by atoms with Crippen molar-refractivity contribution < 1.29 is 33.1 Å². The smallest absolute Gasteiger partial charge is 0.255 e. The third-order valence-corrected chi connectivity index (χ3v) is 12.6. The maximum atomic E-state index is 13.7. The van der Waals surface area contributed by atoms with Crippen LogP contribution in [-0.2, 0) is 25.7 Å². The number of nitrogens with zero attached hydrogens (tertiary/aromatic N) is 4. The highest BCUT2D eigenvalue weighted by Gasteiger charge is 2.39. The van der Waals surface area contributed by atoms with Gasteiger partial charge in [-0.1, -0.05) is 36.6 Å². The highest BCUT2D eigenvalue weighted by molar-refractivity contribution is 7.99. The maximum absolute atomic E-state index is 13.7. The number of aromatic nitrogens is 2. The molecule has 3 aliphatic rings. The van der Waals surface area contributed by atoms with Gasteiger partial charge in [-0.05, 0) is 79.8 Å². The summed E-state index contributed by atoms with van der Waals surface area (Å²) in [6.07, 6.45) is 11.2. The number of amides is 5. The molecular weight excluding hydrogens is 823 g/mol. The molecule has 17 heteroatoms. The van der Waals surface area contributed by atoms with Gasteiger partial charge in [0.15, 0.2) is 0 Å². The molecule has 14 nitrogen and oxygen atoms in total. The lowest BCUT2D eigenvalue weighted by Gasteiger charge is -2.31. The number of rotatable bonds is 17. The molecule has 5 amide bonds. The predicted octanol–water partition coefficient (Wildman–Crippen LogP) is 6.75. The Labute approximate surface area is 362 Å². The summed E-state index contributed by atoms with van der Waals surface area (Å²) in [4.78, 5) is 76.3. The van der Waals surface area contributed by atoms with Crippen LogP contribution in [0.1, 0.15) is 73.7 Å². The molecule has 4 N–H and O–H groups in total. The van der Waals surface area contributed by atoms with Gasteiger partial charge >= 0.3 is 0 Å². The summed E-state index contributed by atoms with van der Waals surface area (Å²) in [5.41, 5.74) is 3.12. The van der Waals surface area contributed by atoms with E-state index in [4.69, 9.17) is 16.3 Å². The fraction of sp³-hybridized carbons (Fsp3) is 0.386. The van der Waals surface area contributed by atoms with Crippen LogP contribution in [0.25, 0.3) is 10.9 Å². The quantitative estimate of drug-likeness (QED) is 0.0382. The molecule has 4 heterocycles. The van der Waals surface area contributed by atoms with Crippen LogP contribution in [0.2, 0.25) is 5.02 Å². The van der Waals surface area contributed by atoms with Crippen molar-refractivity contribution >= 4 is 81.0 Å². The number of fused-ring (bicyclic) bond motifs is 2. The summed E-state index contributed by atoms with van der Waals surface area (Å²) in [5.74, 6) is 0.116. The number of nitrogens with one attached hydrogen (secondary N) is 4. The van der Waals surface area contributed by atoms with Crippen LogP contribution < -0.4 is 26.0 Å². The predicted molar refractivity (Wildman–Crippen MR) is 232 cm³/mol. The van der Waals surface area contributed by atoms with Gasteiger partial charge < -0.3 is 25.6 Å². The van der Waals surface area contributed by atoms with Crippen molar-refractivity contribution in [3.8, 4) is 5.75 Å². The molecule has 0 radical (unpaired) electrons. The van der Waals surface area contributed by atoms with Crippen molar-refractivity contribution in [2.24, 2.45) is 0 Å². The monoisotopic (exact) mass is 870 g/mol. The molecule has 4 aromatic rings. The molecule has 0 aliphatic carbocycles. The third-order valence-electron chi connectivity index (χ3n) is 11.1. The molecule has 0 saturated carbocycles. The van der Waals surface area contributed by atoms with Crippen LogP contribution in [0.5, 0.6) is 5.75 Å². The SMILES string of the molecule is COc1cc2ncnc(Nc3ccc(F)c(Cl)c3)c2cc1NC(=O)C=CCN1CCC(NC(=O)CCCCCCSc2cccc3c2CN(C2CCC(=O)NC2=O)C3=O)CC1. The second-order valence-electron chi connectivity index (χ2n) is 15.3. The molecule has 1 unspecified atom stereocenters. The number of anilines is 3. The largest absolute Gasteiger partial charge is 0.494 e. The van der Waals surface area contributed by atoms with Gasteiger partial charge in [0, 0.05) is 78.7 Å². The minimum Gasteiger partial charge on any atom is -0.494 e. The molecule has 2 fully saturated rings. The zero-order valence-corrected chi connectivity index (χ0v) is 35.4. The van der Waals surface area contributed by atoms with E-state index < -0.39 is 17.8 Å². The van der Waals surface area contributed by atoms with Gasteiger partial charge in [-0.25, -0.2) is 14.4 Å². The number of halogens is 2. The molecule has 2 saturated heterocycles. The first kappa shape index (κ1) is 43.5. The van der Waals surface area contributed by atoms with Gasteiger partial charge in [-0.15, -0.1) is 11.8 Å². The van der Waals surface area contributed by atoms with Gasteiger partial charge in [0.2, 0.25) is 23.6 Å². The number of imide groups is 1. The topological polar surface area (TPSA) is 175 Å². The van der Waals surface area contributed by atoms with E-state index in [1.54, 1.807) is 40.9 Å².